The van der Waals surface area contributed by atoms with Gasteiger partial charge in [0, 0.05) is 24.4 Å². The second kappa shape index (κ2) is 5.75. The van der Waals surface area contributed by atoms with E-state index in [0.717, 1.165) is 19.6 Å². The monoisotopic (exact) mass is 240 g/mol. The Kier molecular flexibility index (Phi) is 4.32. The van der Waals surface area contributed by atoms with Crippen molar-refractivity contribution in [3.05, 3.63) is 16.1 Å². The van der Waals surface area contributed by atoms with Gasteiger partial charge in [-0.3, -0.25) is 0 Å². The molecule has 1 aliphatic rings. The van der Waals surface area contributed by atoms with Gasteiger partial charge in [0.05, 0.1) is 16.8 Å². The van der Waals surface area contributed by atoms with Crippen LogP contribution >= 0.6 is 11.3 Å². The number of hydrogen-bond acceptors (Lipinski definition) is 4. The summed E-state index contributed by atoms with van der Waals surface area (Å²) in [6, 6.07) is 0.361. The summed E-state index contributed by atoms with van der Waals surface area (Å²) in [5.74, 6) is 0. The molecule has 0 amide bonds. The van der Waals surface area contributed by atoms with Gasteiger partial charge in [0.2, 0.25) is 0 Å². The minimum Gasteiger partial charge on any atom is -0.378 e. The maximum atomic E-state index is 5.63. The fraction of sp³-hybridized carbons (Fsp3) is 0.750. The third-order valence-corrected chi connectivity index (χ3v) is 3.84. The third kappa shape index (κ3) is 3.03. The van der Waals surface area contributed by atoms with Crippen molar-refractivity contribution in [3.63, 3.8) is 0 Å². The lowest BCUT2D eigenvalue weighted by Crippen LogP contribution is -2.18. The number of aromatic nitrogens is 1. The summed E-state index contributed by atoms with van der Waals surface area (Å²) in [6.07, 6.45) is 3.80. The Hall–Kier alpha value is -0.450. The van der Waals surface area contributed by atoms with E-state index in [1.165, 1.54) is 23.5 Å². The highest BCUT2D eigenvalue weighted by Crippen LogP contribution is 2.21. The summed E-state index contributed by atoms with van der Waals surface area (Å²) in [6.45, 7) is 6.20. The first kappa shape index (κ1) is 12.0. The molecule has 1 saturated heterocycles. The van der Waals surface area contributed by atoms with Crippen LogP contribution in [-0.4, -0.2) is 24.2 Å². The van der Waals surface area contributed by atoms with Gasteiger partial charge in [0.25, 0.3) is 0 Å². The van der Waals surface area contributed by atoms with E-state index in [1.807, 2.05) is 0 Å². The van der Waals surface area contributed by atoms with Gasteiger partial charge in [0.1, 0.15) is 0 Å². The quantitative estimate of drug-likeness (QED) is 0.859. The van der Waals surface area contributed by atoms with E-state index >= 15 is 0 Å². The van der Waals surface area contributed by atoms with Crippen molar-refractivity contribution < 1.29 is 4.74 Å². The average Bonchev–Trinajstić information content (AvgIpc) is 2.90. The summed E-state index contributed by atoms with van der Waals surface area (Å²) in [5, 5.41) is 6.76. The van der Waals surface area contributed by atoms with Gasteiger partial charge in [-0.2, -0.15) is 0 Å². The van der Waals surface area contributed by atoms with Crippen LogP contribution in [0.3, 0.4) is 0 Å². The van der Waals surface area contributed by atoms with E-state index in [1.54, 1.807) is 11.3 Å². The van der Waals surface area contributed by atoms with Crippen molar-refractivity contribution in [3.8, 4) is 0 Å². The number of nitrogens with zero attached hydrogens (tertiary/aromatic N) is 1. The number of hydrogen-bond donors (Lipinski definition) is 1. The van der Waals surface area contributed by atoms with E-state index in [-0.39, 0.29) is 0 Å². The van der Waals surface area contributed by atoms with Gasteiger partial charge in [-0.25, -0.2) is 4.98 Å². The van der Waals surface area contributed by atoms with Gasteiger partial charge in [-0.15, -0.1) is 11.3 Å². The van der Waals surface area contributed by atoms with Gasteiger partial charge >= 0.3 is 0 Å². The van der Waals surface area contributed by atoms with Crippen molar-refractivity contribution >= 4 is 11.3 Å². The smallest absolute Gasteiger partial charge is 0.0954 e. The fourth-order valence-corrected chi connectivity index (χ4v) is 2.98. The Bertz CT molecular complexity index is 321. The van der Waals surface area contributed by atoms with Gasteiger partial charge < -0.3 is 10.1 Å². The Morgan fingerprint density at radius 2 is 2.56 bits per heavy atom. The Morgan fingerprint density at radius 1 is 1.69 bits per heavy atom. The highest BCUT2D eigenvalue weighted by atomic mass is 32.1. The molecule has 0 spiro atoms. The molecule has 1 fully saturated rings. The molecule has 16 heavy (non-hydrogen) atoms. The molecule has 90 valence electrons. The lowest BCUT2D eigenvalue weighted by atomic mass is 10.2. The Morgan fingerprint density at radius 3 is 3.25 bits per heavy atom. The van der Waals surface area contributed by atoms with E-state index < -0.39 is 0 Å². The molecule has 3 nitrogen and oxygen atoms in total. The number of ether oxygens (including phenoxy) is 1. The lowest BCUT2D eigenvalue weighted by Gasteiger charge is -2.09. The molecule has 2 atom stereocenters. The van der Waals surface area contributed by atoms with Gasteiger partial charge in [0.15, 0.2) is 0 Å². The van der Waals surface area contributed by atoms with Gasteiger partial charge in [-0.1, -0.05) is 6.92 Å². The predicted octanol–water partition coefficient (Wildman–Crippen LogP) is 2.54. The molecular weight excluding hydrogens is 220 g/mol. The van der Waals surface area contributed by atoms with E-state index in [0.29, 0.717) is 12.1 Å². The predicted molar refractivity (Wildman–Crippen MR) is 66.9 cm³/mol. The standard InChI is InChI=1S/C12H20N2OS/c1-3-13-9(2)11-8-16-12(14-11)7-10-5-4-6-15-10/h8-10,13H,3-7H2,1-2H3. The van der Waals surface area contributed by atoms with Crippen molar-refractivity contribution in [1.29, 1.82) is 0 Å². The molecule has 1 aliphatic heterocycles. The summed E-state index contributed by atoms with van der Waals surface area (Å²) in [4.78, 5) is 4.67. The molecule has 4 heteroatoms. The van der Waals surface area contributed by atoms with Crippen LogP contribution in [0.4, 0.5) is 0 Å². The summed E-state index contributed by atoms with van der Waals surface area (Å²) < 4.78 is 5.63. The molecule has 2 rings (SSSR count). The molecule has 0 aromatic carbocycles. The molecule has 0 saturated carbocycles. The molecule has 0 bridgehead atoms. The second-order valence-electron chi connectivity index (χ2n) is 4.28. The van der Waals surface area contributed by atoms with E-state index in [9.17, 15) is 0 Å². The SMILES string of the molecule is CCNC(C)c1csc(CC2CCCO2)n1. The first-order valence-electron chi connectivity index (χ1n) is 6.09. The van der Waals surface area contributed by atoms with Crippen molar-refractivity contribution in [1.82, 2.24) is 10.3 Å². The normalized spacial score (nSPS) is 22.5. The van der Waals surface area contributed by atoms with Crippen LogP contribution in [0.25, 0.3) is 0 Å². The summed E-state index contributed by atoms with van der Waals surface area (Å²) >= 11 is 1.76. The van der Waals surface area contributed by atoms with E-state index in [4.69, 9.17) is 4.74 Å². The minimum atomic E-state index is 0.361. The van der Waals surface area contributed by atoms with Crippen LogP contribution in [-0.2, 0) is 11.2 Å². The molecule has 1 aromatic heterocycles. The number of nitrogens with one attached hydrogen (secondary N) is 1. The van der Waals surface area contributed by atoms with Crippen molar-refractivity contribution in [2.45, 2.75) is 45.3 Å². The third-order valence-electron chi connectivity index (χ3n) is 2.95. The Balaban J connectivity index is 1.90. The Labute approximate surface area is 101 Å². The zero-order valence-corrected chi connectivity index (χ0v) is 10.8. The summed E-state index contributed by atoms with van der Waals surface area (Å²) in [5.41, 5.74) is 1.17. The van der Waals surface area contributed by atoms with Crippen LogP contribution in [0.1, 0.15) is 43.4 Å². The van der Waals surface area contributed by atoms with Gasteiger partial charge in [-0.05, 0) is 26.3 Å². The molecule has 1 aromatic rings. The molecule has 0 radical (unpaired) electrons. The molecule has 1 N–H and O–H groups in total. The van der Waals surface area contributed by atoms with Crippen molar-refractivity contribution in [2.24, 2.45) is 0 Å². The molecule has 2 unspecified atom stereocenters. The van der Waals surface area contributed by atoms with Crippen LogP contribution < -0.4 is 5.32 Å². The zero-order chi connectivity index (χ0) is 11.4. The minimum absolute atomic E-state index is 0.361. The lowest BCUT2D eigenvalue weighted by molar-refractivity contribution is 0.111. The average molecular weight is 240 g/mol. The van der Waals surface area contributed by atoms with Crippen LogP contribution in [0.5, 0.6) is 0 Å². The topological polar surface area (TPSA) is 34.1 Å². The summed E-state index contributed by atoms with van der Waals surface area (Å²) in [7, 11) is 0. The maximum absolute atomic E-state index is 5.63. The van der Waals surface area contributed by atoms with E-state index in [2.05, 4.69) is 29.5 Å². The van der Waals surface area contributed by atoms with Crippen LogP contribution in [0.2, 0.25) is 0 Å². The second-order valence-corrected chi connectivity index (χ2v) is 5.23. The maximum Gasteiger partial charge on any atom is 0.0954 e. The highest BCUT2D eigenvalue weighted by molar-refractivity contribution is 7.09. The van der Waals surface area contributed by atoms with Crippen molar-refractivity contribution in [2.75, 3.05) is 13.2 Å². The first-order chi connectivity index (χ1) is 7.79. The zero-order valence-electron chi connectivity index (χ0n) is 10.0. The number of thiazole rings is 1. The molecule has 0 aliphatic carbocycles. The fourth-order valence-electron chi connectivity index (χ4n) is 2.03. The largest absolute Gasteiger partial charge is 0.378 e. The molecule has 2 heterocycles. The van der Waals surface area contributed by atoms with Crippen LogP contribution in [0, 0.1) is 0 Å². The van der Waals surface area contributed by atoms with Crippen LogP contribution in [0.15, 0.2) is 5.38 Å². The highest BCUT2D eigenvalue weighted by Gasteiger charge is 2.18. The first-order valence-corrected chi connectivity index (χ1v) is 6.97. The number of rotatable bonds is 5. The molecular formula is C12H20N2OS.